The zero-order valence-electron chi connectivity index (χ0n) is 15.1. The first-order valence-corrected chi connectivity index (χ1v) is 10.1. The van der Waals surface area contributed by atoms with Gasteiger partial charge in [0.15, 0.2) is 0 Å². The minimum atomic E-state index is -3.29. The predicted octanol–water partition coefficient (Wildman–Crippen LogP) is 2.29. The molecular weight excluding hydrogens is 352 g/mol. The molecular formula is C19H22N2O4S. The Kier molecular flexibility index (Phi) is 4.91. The number of rotatable bonds is 5. The lowest BCUT2D eigenvalue weighted by atomic mass is 10.1. The van der Waals surface area contributed by atoms with Crippen LogP contribution < -0.4 is 9.04 Å². The topological polar surface area (TPSA) is 66.9 Å². The van der Waals surface area contributed by atoms with Gasteiger partial charge in [0.25, 0.3) is 5.91 Å². The molecule has 2 aromatic rings. The van der Waals surface area contributed by atoms with Crippen LogP contribution in [0.5, 0.6) is 5.75 Å². The summed E-state index contributed by atoms with van der Waals surface area (Å²) in [5.74, 6) is 0.626. The van der Waals surface area contributed by atoms with Gasteiger partial charge >= 0.3 is 0 Å². The van der Waals surface area contributed by atoms with Crippen molar-refractivity contribution in [2.45, 2.75) is 13.0 Å². The number of carbonyl (C=O) groups excluding carboxylic acids is 1. The van der Waals surface area contributed by atoms with E-state index in [-0.39, 0.29) is 5.91 Å². The molecule has 0 atom stereocenters. The fraction of sp³-hybridized carbons (Fsp3) is 0.316. The van der Waals surface area contributed by atoms with Crippen molar-refractivity contribution in [1.82, 2.24) is 4.90 Å². The molecule has 1 aliphatic rings. The maximum Gasteiger partial charge on any atom is 0.253 e. The summed E-state index contributed by atoms with van der Waals surface area (Å²) in [6, 6.07) is 12.8. The quantitative estimate of drug-likeness (QED) is 0.805. The average Bonchev–Trinajstić information content (AvgIpc) is 3.05. The number of ether oxygens (including phenoxy) is 1. The summed E-state index contributed by atoms with van der Waals surface area (Å²) in [5, 5.41) is 0. The van der Waals surface area contributed by atoms with E-state index in [2.05, 4.69) is 0 Å². The van der Waals surface area contributed by atoms with Gasteiger partial charge < -0.3 is 9.64 Å². The van der Waals surface area contributed by atoms with E-state index in [1.54, 1.807) is 37.3 Å². The third kappa shape index (κ3) is 3.53. The van der Waals surface area contributed by atoms with Crippen molar-refractivity contribution < 1.29 is 17.9 Å². The summed E-state index contributed by atoms with van der Waals surface area (Å²) < 4.78 is 30.4. The standard InChI is InChI=1S/C19H22N2O4S/c1-20(13-16-6-4-5-7-18(16)25-2)19(22)15-8-9-17-14(12-15)10-11-21(17)26(3,23)24/h4-9,12H,10-11,13H2,1-3H3. The first kappa shape index (κ1) is 18.3. The lowest BCUT2D eigenvalue weighted by Gasteiger charge is -2.20. The van der Waals surface area contributed by atoms with E-state index in [4.69, 9.17) is 4.74 Å². The molecule has 1 heterocycles. The van der Waals surface area contributed by atoms with Gasteiger partial charge in [-0.05, 0) is 36.2 Å². The number of para-hydroxylation sites is 1. The Labute approximate surface area is 154 Å². The van der Waals surface area contributed by atoms with Crippen LogP contribution in [0, 0.1) is 0 Å². The van der Waals surface area contributed by atoms with Gasteiger partial charge in [-0.1, -0.05) is 18.2 Å². The number of anilines is 1. The highest BCUT2D eigenvalue weighted by Crippen LogP contribution is 2.31. The molecule has 3 rings (SSSR count). The molecule has 0 bridgehead atoms. The second-order valence-corrected chi connectivity index (χ2v) is 8.31. The fourth-order valence-corrected chi connectivity index (χ4v) is 4.19. The van der Waals surface area contributed by atoms with Gasteiger partial charge in [0.05, 0.1) is 19.1 Å². The van der Waals surface area contributed by atoms with Gasteiger partial charge in [-0.3, -0.25) is 9.10 Å². The van der Waals surface area contributed by atoms with Crippen LogP contribution in [0.2, 0.25) is 0 Å². The van der Waals surface area contributed by atoms with Gasteiger partial charge in [-0.2, -0.15) is 0 Å². The molecule has 138 valence electrons. The van der Waals surface area contributed by atoms with Gasteiger partial charge in [-0.15, -0.1) is 0 Å². The molecule has 0 radical (unpaired) electrons. The largest absolute Gasteiger partial charge is 0.496 e. The van der Waals surface area contributed by atoms with Crippen molar-refractivity contribution in [1.29, 1.82) is 0 Å². The molecule has 26 heavy (non-hydrogen) atoms. The molecule has 0 fully saturated rings. The molecule has 0 unspecified atom stereocenters. The van der Waals surface area contributed by atoms with E-state index in [0.717, 1.165) is 16.9 Å². The zero-order chi connectivity index (χ0) is 18.9. The summed E-state index contributed by atoms with van der Waals surface area (Å²) in [7, 11) is 0.0570. The molecule has 0 spiro atoms. The number of fused-ring (bicyclic) bond motifs is 1. The smallest absolute Gasteiger partial charge is 0.253 e. The molecule has 0 N–H and O–H groups in total. The van der Waals surface area contributed by atoms with Crippen molar-refractivity contribution in [3.8, 4) is 5.75 Å². The molecule has 1 aliphatic heterocycles. The molecule has 6 nitrogen and oxygen atoms in total. The van der Waals surface area contributed by atoms with Gasteiger partial charge in [0, 0.05) is 31.3 Å². The Morgan fingerprint density at radius 3 is 2.65 bits per heavy atom. The lowest BCUT2D eigenvalue weighted by Crippen LogP contribution is -2.28. The summed E-state index contributed by atoms with van der Waals surface area (Å²) in [6.07, 6.45) is 1.81. The first-order valence-electron chi connectivity index (χ1n) is 8.29. The average molecular weight is 374 g/mol. The zero-order valence-corrected chi connectivity index (χ0v) is 15.9. The van der Waals surface area contributed by atoms with Gasteiger partial charge in [0.2, 0.25) is 10.0 Å². The number of nitrogens with zero attached hydrogens (tertiary/aromatic N) is 2. The summed E-state index contributed by atoms with van der Waals surface area (Å²) in [6.45, 7) is 0.845. The number of hydrogen-bond donors (Lipinski definition) is 0. The van der Waals surface area contributed by atoms with Crippen LogP contribution in [0.1, 0.15) is 21.5 Å². The maximum atomic E-state index is 12.8. The molecule has 0 aromatic heterocycles. The molecule has 0 aliphatic carbocycles. The van der Waals surface area contributed by atoms with E-state index in [1.807, 2.05) is 24.3 Å². The van der Waals surface area contributed by atoms with Crippen molar-refractivity contribution in [2.24, 2.45) is 0 Å². The summed E-state index contributed by atoms with van der Waals surface area (Å²) in [5.41, 5.74) is 3.02. The minimum absolute atomic E-state index is 0.114. The van der Waals surface area contributed by atoms with Crippen LogP contribution >= 0.6 is 0 Å². The van der Waals surface area contributed by atoms with E-state index in [1.165, 1.54) is 10.6 Å². The van der Waals surface area contributed by atoms with Crippen molar-refractivity contribution in [2.75, 3.05) is 31.3 Å². The highest BCUT2D eigenvalue weighted by atomic mass is 32.2. The third-order valence-corrected chi connectivity index (χ3v) is 5.71. The highest BCUT2D eigenvalue weighted by Gasteiger charge is 2.27. The van der Waals surface area contributed by atoms with Crippen molar-refractivity contribution in [3.63, 3.8) is 0 Å². The lowest BCUT2D eigenvalue weighted by molar-refractivity contribution is 0.0784. The number of amides is 1. The van der Waals surface area contributed by atoms with E-state index in [0.29, 0.717) is 30.8 Å². The second-order valence-electron chi connectivity index (χ2n) is 6.40. The van der Waals surface area contributed by atoms with E-state index in [9.17, 15) is 13.2 Å². The number of methoxy groups -OCH3 is 1. The highest BCUT2D eigenvalue weighted by molar-refractivity contribution is 7.92. The SMILES string of the molecule is COc1ccccc1CN(C)C(=O)c1ccc2c(c1)CCN2S(C)(=O)=O. The maximum absolute atomic E-state index is 12.8. The summed E-state index contributed by atoms with van der Waals surface area (Å²) >= 11 is 0. The third-order valence-electron chi connectivity index (χ3n) is 4.53. The van der Waals surface area contributed by atoms with Crippen LogP contribution in [-0.2, 0) is 23.0 Å². The van der Waals surface area contributed by atoms with Gasteiger partial charge in [0.1, 0.15) is 5.75 Å². The predicted molar refractivity (Wildman–Crippen MR) is 101 cm³/mol. The van der Waals surface area contributed by atoms with Crippen molar-refractivity contribution >= 4 is 21.6 Å². The van der Waals surface area contributed by atoms with Crippen LogP contribution in [0.15, 0.2) is 42.5 Å². The molecule has 7 heteroatoms. The van der Waals surface area contributed by atoms with E-state index >= 15 is 0 Å². The fourth-order valence-electron chi connectivity index (χ4n) is 3.23. The Morgan fingerprint density at radius 2 is 1.96 bits per heavy atom. The summed E-state index contributed by atoms with van der Waals surface area (Å²) in [4.78, 5) is 14.4. The Bertz CT molecular complexity index is 940. The normalized spacial score (nSPS) is 13.4. The number of benzene rings is 2. The van der Waals surface area contributed by atoms with Gasteiger partial charge in [-0.25, -0.2) is 8.42 Å². The molecule has 0 saturated carbocycles. The van der Waals surface area contributed by atoms with Crippen LogP contribution in [0.3, 0.4) is 0 Å². The monoisotopic (exact) mass is 374 g/mol. The number of hydrogen-bond acceptors (Lipinski definition) is 4. The van der Waals surface area contributed by atoms with Crippen molar-refractivity contribution in [3.05, 3.63) is 59.2 Å². The molecule has 0 saturated heterocycles. The second kappa shape index (κ2) is 6.99. The first-order chi connectivity index (χ1) is 12.3. The van der Waals surface area contributed by atoms with Crippen LogP contribution in [0.4, 0.5) is 5.69 Å². The number of sulfonamides is 1. The van der Waals surface area contributed by atoms with E-state index < -0.39 is 10.0 Å². The van der Waals surface area contributed by atoms with Crippen LogP contribution in [0.25, 0.3) is 0 Å². The Hall–Kier alpha value is -2.54. The number of carbonyl (C=O) groups is 1. The Morgan fingerprint density at radius 1 is 1.23 bits per heavy atom. The molecule has 1 amide bonds. The van der Waals surface area contributed by atoms with Crippen LogP contribution in [-0.4, -0.2) is 46.2 Å². The molecule has 2 aromatic carbocycles. The minimum Gasteiger partial charge on any atom is -0.496 e. The Balaban J connectivity index is 1.80.